The number of para-hydroxylation sites is 1. The zero-order valence-electron chi connectivity index (χ0n) is 8.92. The summed E-state index contributed by atoms with van der Waals surface area (Å²) < 4.78 is 18.6. The van der Waals surface area contributed by atoms with Crippen LogP contribution in [0.15, 0.2) is 18.2 Å². The SMILES string of the molecule is COc1c(F)cccc1C1(CN)CCC1. The molecule has 2 nitrogen and oxygen atoms in total. The van der Waals surface area contributed by atoms with E-state index in [1.54, 1.807) is 6.07 Å². The second-order valence-electron chi connectivity index (χ2n) is 4.16. The van der Waals surface area contributed by atoms with Crippen molar-refractivity contribution in [2.24, 2.45) is 5.73 Å². The molecule has 1 aliphatic rings. The molecule has 15 heavy (non-hydrogen) atoms. The molecular formula is C12H16FNO. The number of benzene rings is 1. The molecule has 1 aromatic rings. The zero-order valence-corrected chi connectivity index (χ0v) is 8.92. The number of hydrogen-bond donors (Lipinski definition) is 1. The predicted octanol–water partition coefficient (Wildman–Crippen LogP) is 2.21. The van der Waals surface area contributed by atoms with Crippen LogP contribution < -0.4 is 10.5 Å². The van der Waals surface area contributed by atoms with Gasteiger partial charge in [-0.15, -0.1) is 0 Å². The van der Waals surface area contributed by atoms with E-state index in [0.29, 0.717) is 12.3 Å². The molecule has 0 unspecified atom stereocenters. The number of rotatable bonds is 3. The second-order valence-corrected chi connectivity index (χ2v) is 4.16. The molecule has 0 radical (unpaired) electrons. The summed E-state index contributed by atoms with van der Waals surface area (Å²) in [5.41, 5.74) is 6.68. The van der Waals surface area contributed by atoms with Crippen molar-refractivity contribution in [2.75, 3.05) is 13.7 Å². The first-order valence-corrected chi connectivity index (χ1v) is 5.26. The third kappa shape index (κ3) is 1.51. The molecule has 1 saturated carbocycles. The first kappa shape index (κ1) is 10.4. The maximum atomic E-state index is 13.5. The largest absolute Gasteiger partial charge is 0.493 e. The van der Waals surface area contributed by atoms with Gasteiger partial charge in [0.2, 0.25) is 0 Å². The Morgan fingerprint density at radius 1 is 1.47 bits per heavy atom. The molecule has 82 valence electrons. The number of halogens is 1. The topological polar surface area (TPSA) is 35.2 Å². The van der Waals surface area contributed by atoms with Gasteiger partial charge in [-0.1, -0.05) is 18.6 Å². The van der Waals surface area contributed by atoms with Crippen LogP contribution in [0, 0.1) is 5.82 Å². The molecule has 2 rings (SSSR count). The van der Waals surface area contributed by atoms with E-state index in [9.17, 15) is 4.39 Å². The van der Waals surface area contributed by atoms with Gasteiger partial charge in [-0.05, 0) is 18.9 Å². The van der Waals surface area contributed by atoms with Crippen LogP contribution >= 0.6 is 0 Å². The maximum Gasteiger partial charge on any atom is 0.165 e. The van der Waals surface area contributed by atoms with Crippen LogP contribution in [0.25, 0.3) is 0 Å². The summed E-state index contributed by atoms with van der Waals surface area (Å²) >= 11 is 0. The Hall–Kier alpha value is -1.09. The molecule has 0 bridgehead atoms. The van der Waals surface area contributed by atoms with Gasteiger partial charge in [-0.3, -0.25) is 0 Å². The summed E-state index contributed by atoms with van der Waals surface area (Å²) in [7, 11) is 1.50. The lowest BCUT2D eigenvalue weighted by Gasteiger charge is -2.42. The number of nitrogens with two attached hydrogens (primary N) is 1. The van der Waals surface area contributed by atoms with Crippen molar-refractivity contribution < 1.29 is 9.13 Å². The van der Waals surface area contributed by atoms with E-state index in [2.05, 4.69) is 0 Å². The van der Waals surface area contributed by atoms with Crippen molar-refractivity contribution in [3.8, 4) is 5.75 Å². The molecule has 0 heterocycles. The van der Waals surface area contributed by atoms with Crippen LogP contribution in [0.3, 0.4) is 0 Å². The van der Waals surface area contributed by atoms with Crippen LogP contribution in [0.5, 0.6) is 5.75 Å². The Labute approximate surface area is 89.2 Å². The second kappa shape index (κ2) is 3.81. The van der Waals surface area contributed by atoms with E-state index in [1.165, 1.54) is 13.2 Å². The fourth-order valence-electron chi connectivity index (χ4n) is 2.32. The lowest BCUT2D eigenvalue weighted by atomic mass is 9.64. The fourth-order valence-corrected chi connectivity index (χ4v) is 2.32. The molecule has 1 aromatic carbocycles. The minimum atomic E-state index is -0.297. The summed E-state index contributed by atoms with van der Waals surface area (Å²) in [6.45, 7) is 0.562. The Morgan fingerprint density at radius 3 is 2.67 bits per heavy atom. The van der Waals surface area contributed by atoms with Gasteiger partial charge in [0, 0.05) is 17.5 Å². The third-order valence-corrected chi connectivity index (χ3v) is 3.44. The van der Waals surface area contributed by atoms with Gasteiger partial charge in [0.25, 0.3) is 0 Å². The van der Waals surface area contributed by atoms with Crippen molar-refractivity contribution in [2.45, 2.75) is 24.7 Å². The molecule has 0 aromatic heterocycles. The van der Waals surface area contributed by atoms with Gasteiger partial charge in [0.05, 0.1) is 7.11 Å². The highest BCUT2D eigenvalue weighted by Crippen LogP contribution is 2.46. The normalized spacial score (nSPS) is 18.3. The third-order valence-electron chi connectivity index (χ3n) is 3.44. The smallest absolute Gasteiger partial charge is 0.165 e. The molecule has 0 spiro atoms. The van der Waals surface area contributed by atoms with Crippen LogP contribution in [0.2, 0.25) is 0 Å². The quantitative estimate of drug-likeness (QED) is 0.828. The van der Waals surface area contributed by atoms with Crippen molar-refractivity contribution in [3.63, 3.8) is 0 Å². The molecule has 0 atom stereocenters. The average Bonchev–Trinajstić information content (AvgIpc) is 2.17. The van der Waals surface area contributed by atoms with E-state index in [-0.39, 0.29) is 11.2 Å². The van der Waals surface area contributed by atoms with E-state index in [1.807, 2.05) is 6.07 Å². The maximum absolute atomic E-state index is 13.5. The van der Waals surface area contributed by atoms with Crippen LogP contribution in [0.1, 0.15) is 24.8 Å². The molecule has 0 aliphatic heterocycles. The van der Waals surface area contributed by atoms with Gasteiger partial charge >= 0.3 is 0 Å². The number of methoxy groups -OCH3 is 1. The molecule has 1 fully saturated rings. The lowest BCUT2D eigenvalue weighted by Crippen LogP contribution is -2.41. The average molecular weight is 209 g/mol. The standard InChI is InChI=1S/C12H16FNO/c1-15-11-9(4-2-5-10(11)13)12(8-14)6-3-7-12/h2,4-5H,3,6-8,14H2,1H3. The molecule has 1 aliphatic carbocycles. The Balaban J connectivity index is 2.46. The Bertz CT molecular complexity index is 355. The summed E-state index contributed by atoms with van der Waals surface area (Å²) in [5, 5.41) is 0. The van der Waals surface area contributed by atoms with E-state index in [4.69, 9.17) is 10.5 Å². The minimum Gasteiger partial charge on any atom is -0.493 e. The van der Waals surface area contributed by atoms with Gasteiger partial charge in [0.15, 0.2) is 11.6 Å². The number of hydrogen-bond acceptors (Lipinski definition) is 2. The van der Waals surface area contributed by atoms with Gasteiger partial charge in [-0.25, -0.2) is 4.39 Å². The summed E-state index contributed by atoms with van der Waals surface area (Å²) in [6, 6.07) is 5.07. The predicted molar refractivity (Wildman–Crippen MR) is 57.5 cm³/mol. The minimum absolute atomic E-state index is 0.0482. The summed E-state index contributed by atoms with van der Waals surface area (Å²) in [6.07, 6.45) is 3.23. The molecule has 0 saturated heterocycles. The Morgan fingerprint density at radius 2 is 2.20 bits per heavy atom. The van der Waals surface area contributed by atoms with Crippen molar-refractivity contribution in [1.82, 2.24) is 0 Å². The molecule has 3 heteroatoms. The monoisotopic (exact) mass is 209 g/mol. The highest BCUT2D eigenvalue weighted by atomic mass is 19.1. The summed E-state index contributed by atoms with van der Waals surface area (Å²) in [4.78, 5) is 0. The lowest BCUT2D eigenvalue weighted by molar-refractivity contribution is 0.240. The van der Waals surface area contributed by atoms with Gasteiger partial charge in [0.1, 0.15) is 0 Å². The zero-order chi connectivity index (χ0) is 10.9. The van der Waals surface area contributed by atoms with E-state index < -0.39 is 0 Å². The molecule has 0 amide bonds. The number of ether oxygens (including phenoxy) is 1. The first-order valence-electron chi connectivity index (χ1n) is 5.26. The Kier molecular flexibility index (Phi) is 2.65. The fraction of sp³-hybridized carbons (Fsp3) is 0.500. The van der Waals surface area contributed by atoms with E-state index in [0.717, 1.165) is 24.8 Å². The van der Waals surface area contributed by atoms with Gasteiger partial charge < -0.3 is 10.5 Å². The van der Waals surface area contributed by atoms with Crippen LogP contribution in [-0.2, 0) is 5.41 Å². The van der Waals surface area contributed by atoms with Crippen molar-refractivity contribution in [3.05, 3.63) is 29.6 Å². The van der Waals surface area contributed by atoms with Crippen LogP contribution in [-0.4, -0.2) is 13.7 Å². The first-order chi connectivity index (χ1) is 7.23. The van der Waals surface area contributed by atoms with Crippen molar-refractivity contribution in [1.29, 1.82) is 0 Å². The molecular weight excluding hydrogens is 193 g/mol. The van der Waals surface area contributed by atoms with E-state index >= 15 is 0 Å². The highest BCUT2D eigenvalue weighted by molar-refractivity contribution is 5.42. The summed E-state index contributed by atoms with van der Waals surface area (Å²) in [5.74, 6) is 0.0670. The van der Waals surface area contributed by atoms with Gasteiger partial charge in [-0.2, -0.15) is 0 Å². The highest BCUT2D eigenvalue weighted by Gasteiger charge is 2.39. The molecule has 2 N–H and O–H groups in total. The van der Waals surface area contributed by atoms with Crippen LogP contribution in [0.4, 0.5) is 4.39 Å². The van der Waals surface area contributed by atoms with Crippen molar-refractivity contribution >= 4 is 0 Å².